The molecule has 2 aromatic carbocycles. The van der Waals surface area contributed by atoms with E-state index in [1.54, 1.807) is 9.80 Å². The smallest absolute Gasteiger partial charge is 0.249 e. The highest BCUT2D eigenvalue weighted by Crippen LogP contribution is 2.43. The van der Waals surface area contributed by atoms with Gasteiger partial charge in [0.25, 0.3) is 0 Å². The number of piperazine rings is 1. The summed E-state index contributed by atoms with van der Waals surface area (Å²) in [4.78, 5) is 28.1. The Bertz CT molecular complexity index is 911. The number of aryl methyl sites for hydroxylation is 1. The van der Waals surface area contributed by atoms with Gasteiger partial charge in [-0.15, -0.1) is 0 Å². The maximum atomic E-state index is 12.6. The van der Waals surface area contributed by atoms with E-state index in [0.29, 0.717) is 6.54 Å². The van der Waals surface area contributed by atoms with Crippen LogP contribution in [0.3, 0.4) is 0 Å². The molecule has 6 nitrogen and oxygen atoms in total. The third-order valence-corrected chi connectivity index (χ3v) is 6.12. The van der Waals surface area contributed by atoms with Gasteiger partial charge in [0.1, 0.15) is 6.61 Å². The lowest BCUT2D eigenvalue weighted by atomic mass is 9.73. The van der Waals surface area contributed by atoms with Gasteiger partial charge in [0.15, 0.2) is 0 Å². The number of nitrogens with zero attached hydrogens (tertiary/aromatic N) is 2. The summed E-state index contributed by atoms with van der Waals surface area (Å²) in [6, 6.07) is 16.2. The Labute approximate surface area is 170 Å². The van der Waals surface area contributed by atoms with E-state index in [1.807, 2.05) is 12.1 Å². The molecular weight excluding hydrogens is 368 g/mol. The van der Waals surface area contributed by atoms with Crippen LogP contribution in [0.25, 0.3) is 11.1 Å². The van der Waals surface area contributed by atoms with E-state index in [4.69, 9.17) is 4.74 Å². The van der Waals surface area contributed by atoms with Crippen LogP contribution < -0.4 is 0 Å². The lowest BCUT2D eigenvalue weighted by Crippen LogP contribution is -2.73. The van der Waals surface area contributed by atoms with Crippen molar-refractivity contribution in [1.82, 2.24) is 9.80 Å². The quantitative estimate of drug-likeness (QED) is 0.840. The van der Waals surface area contributed by atoms with Gasteiger partial charge in [-0.3, -0.25) is 9.59 Å². The number of aliphatic hydroxyl groups is 1. The largest absolute Gasteiger partial charge is 0.394 e. The van der Waals surface area contributed by atoms with Crippen LogP contribution in [0.15, 0.2) is 48.5 Å². The highest BCUT2D eigenvalue weighted by Gasteiger charge is 2.54. The molecule has 2 saturated heterocycles. The fraction of sp³-hybridized carbons (Fsp3) is 0.391. The molecule has 2 aliphatic rings. The van der Waals surface area contributed by atoms with Gasteiger partial charge in [-0.2, -0.15) is 0 Å². The molecule has 2 heterocycles. The molecule has 2 fully saturated rings. The topological polar surface area (TPSA) is 70.1 Å². The van der Waals surface area contributed by atoms with Crippen molar-refractivity contribution in [3.05, 3.63) is 59.7 Å². The van der Waals surface area contributed by atoms with E-state index >= 15 is 0 Å². The van der Waals surface area contributed by atoms with E-state index in [2.05, 4.69) is 43.3 Å². The van der Waals surface area contributed by atoms with Gasteiger partial charge in [-0.25, -0.2) is 0 Å². The van der Waals surface area contributed by atoms with E-state index in [0.717, 1.165) is 11.1 Å². The minimum atomic E-state index is -0.239. The van der Waals surface area contributed by atoms with Gasteiger partial charge in [-0.05, 0) is 29.2 Å². The number of rotatable bonds is 5. The maximum Gasteiger partial charge on any atom is 0.249 e. The number of aliphatic hydroxyl groups excluding tert-OH is 1. The number of methoxy groups -OCH3 is 1. The van der Waals surface area contributed by atoms with Crippen molar-refractivity contribution in [2.24, 2.45) is 0 Å². The molecule has 0 spiro atoms. The summed E-state index contributed by atoms with van der Waals surface area (Å²) < 4.78 is 4.93. The zero-order chi connectivity index (χ0) is 20.5. The fourth-order valence-corrected chi connectivity index (χ4v) is 4.69. The van der Waals surface area contributed by atoms with Crippen LogP contribution in [-0.2, 0) is 14.3 Å². The molecule has 0 aliphatic carbocycles. The molecule has 0 bridgehead atoms. The zero-order valence-electron chi connectivity index (χ0n) is 16.7. The van der Waals surface area contributed by atoms with E-state index < -0.39 is 0 Å². The summed E-state index contributed by atoms with van der Waals surface area (Å²) in [6.07, 6.45) is 0. The van der Waals surface area contributed by atoms with Crippen molar-refractivity contribution in [3.8, 4) is 11.1 Å². The number of carbonyl (C=O) groups is 2. The molecule has 6 heteroatoms. The van der Waals surface area contributed by atoms with Crippen molar-refractivity contribution in [3.63, 3.8) is 0 Å². The Morgan fingerprint density at radius 2 is 1.90 bits per heavy atom. The molecule has 1 N–H and O–H groups in total. The van der Waals surface area contributed by atoms with Gasteiger partial charge < -0.3 is 19.6 Å². The first-order chi connectivity index (χ1) is 14.0. The van der Waals surface area contributed by atoms with Crippen molar-refractivity contribution in [2.75, 3.05) is 33.4 Å². The Kier molecular flexibility index (Phi) is 5.39. The fourth-order valence-electron chi connectivity index (χ4n) is 4.69. The molecule has 3 atom stereocenters. The van der Waals surface area contributed by atoms with Gasteiger partial charge in [-0.1, -0.05) is 48.5 Å². The van der Waals surface area contributed by atoms with Crippen molar-refractivity contribution >= 4 is 11.8 Å². The summed E-state index contributed by atoms with van der Waals surface area (Å²) in [5.41, 5.74) is 4.63. The third kappa shape index (κ3) is 3.43. The van der Waals surface area contributed by atoms with Crippen molar-refractivity contribution in [2.45, 2.75) is 24.9 Å². The Morgan fingerprint density at radius 1 is 1.17 bits per heavy atom. The van der Waals surface area contributed by atoms with Crippen molar-refractivity contribution in [1.29, 1.82) is 0 Å². The molecule has 2 aromatic rings. The summed E-state index contributed by atoms with van der Waals surface area (Å²) in [7, 11) is 1.47. The molecule has 2 aliphatic heterocycles. The molecule has 0 radical (unpaired) electrons. The normalized spacial score (nSPS) is 23.6. The number of amides is 2. The average Bonchev–Trinajstić information content (AvgIpc) is 2.70. The second-order valence-electron chi connectivity index (χ2n) is 7.79. The predicted octanol–water partition coefficient (Wildman–Crippen LogP) is 1.81. The second-order valence-corrected chi connectivity index (χ2v) is 7.79. The Hall–Kier alpha value is -2.70. The average molecular weight is 394 g/mol. The zero-order valence-corrected chi connectivity index (χ0v) is 16.7. The summed E-state index contributed by atoms with van der Waals surface area (Å²) >= 11 is 0. The Morgan fingerprint density at radius 3 is 2.55 bits per heavy atom. The molecule has 2 amide bonds. The van der Waals surface area contributed by atoms with Crippen LogP contribution in [0.2, 0.25) is 0 Å². The number of hydrogen-bond donors (Lipinski definition) is 1. The second kappa shape index (κ2) is 7.97. The van der Waals surface area contributed by atoms with Gasteiger partial charge in [0.2, 0.25) is 11.8 Å². The van der Waals surface area contributed by atoms with Crippen LogP contribution in [0.4, 0.5) is 0 Å². The minimum Gasteiger partial charge on any atom is -0.394 e. The number of ether oxygens (including phenoxy) is 1. The highest BCUT2D eigenvalue weighted by molar-refractivity contribution is 5.88. The van der Waals surface area contributed by atoms with Crippen LogP contribution in [0.5, 0.6) is 0 Å². The van der Waals surface area contributed by atoms with Crippen molar-refractivity contribution < 1.29 is 19.4 Å². The molecule has 0 unspecified atom stereocenters. The van der Waals surface area contributed by atoms with E-state index in [-0.39, 0.29) is 49.6 Å². The molecule has 0 aromatic heterocycles. The van der Waals surface area contributed by atoms with Crippen LogP contribution in [0.1, 0.15) is 17.0 Å². The predicted molar refractivity (Wildman–Crippen MR) is 109 cm³/mol. The van der Waals surface area contributed by atoms with Gasteiger partial charge >= 0.3 is 0 Å². The van der Waals surface area contributed by atoms with Gasteiger partial charge in [0.05, 0.1) is 25.2 Å². The molecule has 29 heavy (non-hydrogen) atoms. The maximum absolute atomic E-state index is 12.6. The molecule has 4 rings (SSSR count). The van der Waals surface area contributed by atoms with Crippen LogP contribution in [-0.4, -0.2) is 72.2 Å². The van der Waals surface area contributed by atoms with E-state index in [1.165, 1.54) is 18.2 Å². The van der Waals surface area contributed by atoms with Gasteiger partial charge in [0, 0.05) is 19.6 Å². The molecule has 152 valence electrons. The monoisotopic (exact) mass is 394 g/mol. The van der Waals surface area contributed by atoms with Crippen LogP contribution in [0, 0.1) is 6.92 Å². The minimum absolute atomic E-state index is 0.00742. The number of carbonyl (C=O) groups excluding carboxylic acids is 2. The first kappa shape index (κ1) is 19.6. The highest BCUT2D eigenvalue weighted by atomic mass is 16.5. The third-order valence-electron chi connectivity index (χ3n) is 6.12. The summed E-state index contributed by atoms with van der Waals surface area (Å²) in [6.45, 7) is 2.49. The SMILES string of the molecule is COCC(=O)N1CC(=O)N2[C@H](CO)[C@H](c3ccc(-c4ccccc4C)cc3)[C@@H]2C1. The molecule has 0 saturated carbocycles. The first-order valence-electron chi connectivity index (χ1n) is 9.90. The lowest BCUT2D eigenvalue weighted by Gasteiger charge is -2.58. The lowest BCUT2D eigenvalue weighted by molar-refractivity contribution is -0.168. The summed E-state index contributed by atoms with van der Waals surface area (Å²) in [5, 5.41) is 9.91. The van der Waals surface area contributed by atoms with E-state index in [9.17, 15) is 14.7 Å². The Balaban J connectivity index is 1.58. The number of hydrogen-bond acceptors (Lipinski definition) is 4. The number of benzene rings is 2. The standard InChI is InChI=1S/C23H26N2O4/c1-15-5-3-4-6-18(15)16-7-9-17(10-8-16)23-19-11-24(22(28)14-29-2)12-21(27)25(19)20(23)13-26/h3-10,19-20,23,26H,11-14H2,1-2H3/t19-,20+,23+/m0/s1. The number of fused-ring (bicyclic) bond motifs is 1. The molecular formula is C23H26N2O4. The van der Waals surface area contributed by atoms with Crippen LogP contribution >= 0.6 is 0 Å². The first-order valence-corrected chi connectivity index (χ1v) is 9.90. The summed E-state index contributed by atoms with van der Waals surface area (Å²) in [5.74, 6) is -0.285.